The van der Waals surface area contributed by atoms with Gasteiger partial charge in [0.2, 0.25) is 10.0 Å². The fourth-order valence-corrected chi connectivity index (χ4v) is 5.53. The molecule has 1 unspecified atom stereocenters. The Balaban J connectivity index is 1.67. The maximum Gasteiger partial charge on any atom is 0.303 e. The van der Waals surface area contributed by atoms with E-state index in [-0.39, 0.29) is 17.4 Å². The molecule has 3 heterocycles. The predicted octanol–water partition coefficient (Wildman–Crippen LogP) is 2.83. The van der Waals surface area contributed by atoms with E-state index in [1.165, 1.54) is 16.4 Å². The molecule has 1 atom stereocenters. The lowest BCUT2D eigenvalue weighted by Crippen LogP contribution is -2.42. The number of aliphatic carboxylic acids is 1. The van der Waals surface area contributed by atoms with Gasteiger partial charge in [-0.15, -0.1) is 0 Å². The zero-order chi connectivity index (χ0) is 21.5. The molecule has 0 bridgehead atoms. The molecule has 0 fully saturated rings. The monoisotopic (exact) mass is 431 g/mol. The van der Waals surface area contributed by atoms with Crippen LogP contribution in [0.4, 0.5) is 4.39 Å². The second-order valence-electron chi connectivity index (χ2n) is 7.47. The van der Waals surface area contributed by atoms with Crippen molar-refractivity contribution in [3.8, 4) is 0 Å². The topological polar surface area (TPSA) is 92.5 Å². The van der Waals surface area contributed by atoms with Crippen LogP contribution >= 0.6 is 0 Å². The fraction of sp³-hybridized carbons (Fsp3) is 0.333. The number of likely N-dealkylation sites (N-methyl/N-ethyl adjacent to an activating group) is 1. The molecule has 4 rings (SSSR count). The average molecular weight is 431 g/mol. The molecular formula is C21H22FN3O4S. The van der Waals surface area contributed by atoms with Gasteiger partial charge in [0, 0.05) is 37.9 Å². The highest BCUT2D eigenvalue weighted by Crippen LogP contribution is 2.32. The smallest absolute Gasteiger partial charge is 0.303 e. The Bertz CT molecular complexity index is 1200. The number of hydrogen-bond acceptors (Lipinski definition) is 4. The Kier molecular flexibility index (Phi) is 5.33. The van der Waals surface area contributed by atoms with E-state index in [0.717, 1.165) is 34.4 Å². The molecule has 0 amide bonds. The van der Waals surface area contributed by atoms with Crippen LogP contribution in [0.1, 0.15) is 24.1 Å². The van der Waals surface area contributed by atoms with Gasteiger partial charge in [0.25, 0.3) is 0 Å². The van der Waals surface area contributed by atoms with E-state index in [1.807, 2.05) is 12.1 Å². The minimum absolute atomic E-state index is 0.0188. The van der Waals surface area contributed by atoms with E-state index in [4.69, 9.17) is 5.11 Å². The van der Waals surface area contributed by atoms with Gasteiger partial charge in [-0.25, -0.2) is 12.8 Å². The number of rotatable bonds is 6. The van der Waals surface area contributed by atoms with Crippen LogP contribution < -0.4 is 0 Å². The number of nitrogens with zero attached hydrogens (tertiary/aromatic N) is 3. The molecule has 1 aromatic carbocycles. The molecule has 7 nitrogen and oxygen atoms in total. The van der Waals surface area contributed by atoms with Crippen molar-refractivity contribution in [2.75, 3.05) is 7.05 Å². The largest absolute Gasteiger partial charge is 0.481 e. The number of halogens is 1. The first-order valence-electron chi connectivity index (χ1n) is 9.69. The van der Waals surface area contributed by atoms with Crippen molar-refractivity contribution in [3.63, 3.8) is 0 Å². The molecule has 0 aliphatic carbocycles. The maximum atomic E-state index is 13.2. The average Bonchev–Trinajstić information content (AvgIpc) is 3.05. The zero-order valence-electron chi connectivity index (χ0n) is 16.5. The summed E-state index contributed by atoms with van der Waals surface area (Å²) in [7, 11) is -2.22. The second kappa shape index (κ2) is 7.81. The molecular weight excluding hydrogens is 409 g/mol. The van der Waals surface area contributed by atoms with Crippen molar-refractivity contribution >= 4 is 27.0 Å². The van der Waals surface area contributed by atoms with Gasteiger partial charge in [0.05, 0.1) is 15.9 Å². The van der Waals surface area contributed by atoms with Crippen LogP contribution in [0.3, 0.4) is 0 Å². The van der Waals surface area contributed by atoms with E-state index in [9.17, 15) is 17.6 Å². The normalized spacial score (nSPS) is 16.7. The Morgan fingerprint density at radius 3 is 2.73 bits per heavy atom. The number of sulfonamides is 1. The lowest BCUT2D eigenvalue weighted by atomic mass is 10.0. The predicted molar refractivity (Wildman–Crippen MR) is 109 cm³/mol. The van der Waals surface area contributed by atoms with E-state index in [1.54, 1.807) is 13.2 Å². The van der Waals surface area contributed by atoms with Crippen LogP contribution in [0.5, 0.6) is 0 Å². The number of aromatic nitrogens is 2. The summed E-state index contributed by atoms with van der Waals surface area (Å²) in [4.78, 5) is 15.6. The van der Waals surface area contributed by atoms with Crippen LogP contribution in [0.15, 0.2) is 47.5 Å². The number of aryl methyl sites for hydroxylation is 1. The summed E-state index contributed by atoms with van der Waals surface area (Å²) in [6.45, 7) is 0.446. The Hall–Kier alpha value is -2.78. The van der Waals surface area contributed by atoms with Gasteiger partial charge < -0.3 is 9.67 Å². The van der Waals surface area contributed by atoms with Gasteiger partial charge in [-0.2, -0.15) is 4.31 Å². The second-order valence-corrected chi connectivity index (χ2v) is 9.47. The Labute approximate surface area is 173 Å². The lowest BCUT2D eigenvalue weighted by Gasteiger charge is -2.32. The van der Waals surface area contributed by atoms with Crippen molar-refractivity contribution in [1.82, 2.24) is 13.9 Å². The van der Waals surface area contributed by atoms with Crippen molar-refractivity contribution in [3.05, 3.63) is 59.7 Å². The summed E-state index contributed by atoms with van der Waals surface area (Å²) < 4.78 is 42.6. The van der Waals surface area contributed by atoms with Crippen LogP contribution in [-0.4, -0.2) is 46.4 Å². The Morgan fingerprint density at radius 2 is 2.03 bits per heavy atom. The van der Waals surface area contributed by atoms with Crippen LogP contribution in [0.25, 0.3) is 11.0 Å². The highest BCUT2D eigenvalue weighted by Gasteiger charge is 2.33. The number of carboxylic acids is 1. The third-order valence-electron chi connectivity index (χ3n) is 5.74. The van der Waals surface area contributed by atoms with Gasteiger partial charge >= 0.3 is 5.97 Å². The van der Waals surface area contributed by atoms with Crippen molar-refractivity contribution in [2.24, 2.45) is 0 Å². The third kappa shape index (κ3) is 3.59. The van der Waals surface area contributed by atoms with Crippen LogP contribution in [-0.2, 0) is 34.2 Å². The van der Waals surface area contributed by atoms with Gasteiger partial charge in [-0.1, -0.05) is 0 Å². The molecule has 1 aliphatic rings. The summed E-state index contributed by atoms with van der Waals surface area (Å²) in [5, 5.41) is 9.09. The maximum absolute atomic E-state index is 13.2. The van der Waals surface area contributed by atoms with Gasteiger partial charge in [0.15, 0.2) is 0 Å². The standard InChI is InChI=1S/C21H22FN3O4S/c1-24(30(28,29)16-7-4-14(22)5-8-16)15-6-10-18-17(9-11-20(26)27)21-19(25(18)13-15)3-2-12-23-21/h2-5,7-8,12,15H,6,9-11,13H2,1H3,(H,26,27). The first-order chi connectivity index (χ1) is 14.3. The van der Waals surface area contributed by atoms with Crippen LogP contribution in [0.2, 0.25) is 0 Å². The van der Waals surface area contributed by atoms with Crippen molar-refractivity contribution in [1.29, 1.82) is 0 Å². The van der Waals surface area contributed by atoms with E-state index in [2.05, 4.69) is 9.55 Å². The minimum Gasteiger partial charge on any atom is -0.481 e. The molecule has 2 aromatic heterocycles. The zero-order valence-corrected chi connectivity index (χ0v) is 17.3. The molecule has 0 radical (unpaired) electrons. The molecule has 30 heavy (non-hydrogen) atoms. The summed E-state index contributed by atoms with van der Waals surface area (Å²) in [5.41, 5.74) is 3.60. The highest BCUT2D eigenvalue weighted by atomic mass is 32.2. The number of fused-ring (bicyclic) bond motifs is 3. The van der Waals surface area contributed by atoms with Gasteiger partial charge in [-0.05, 0) is 61.2 Å². The summed E-state index contributed by atoms with van der Waals surface area (Å²) in [5.74, 6) is -1.35. The summed E-state index contributed by atoms with van der Waals surface area (Å²) in [6, 6.07) is 8.28. The van der Waals surface area contributed by atoms with Crippen molar-refractivity contribution < 1.29 is 22.7 Å². The minimum atomic E-state index is -3.77. The van der Waals surface area contributed by atoms with Crippen LogP contribution in [0, 0.1) is 5.82 Å². The SMILES string of the molecule is CN(C1CCc2c(CCC(=O)O)c3ncccc3n2C1)S(=O)(=O)c1ccc(F)cc1. The van der Waals surface area contributed by atoms with Crippen molar-refractivity contribution in [2.45, 2.75) is 43.2 Å². The number of hydrogen-bond donors (Lipinski definition) is 1. The first-order valence-corrected chi connectivity index (χ1v) is 11.1. The van der Waals surface area contributed by atoms with Gasteiger partial charge in [-0.3, -0.25) is 9.78 Å². The van der Waals surface area contributed by atoms with Gasteiger partial charge in [0.1, 0.15) is 5.82 Å². The van der Waals surface area contributed by atoms with E-state index in [0.29, 0.717) is 25.8 Å². The highest BCUT2D eigenvalue weighted by molar-refractivity contribution is 7.89. The Morgan fingerprint density at radius 1 is 1.30 bits per heavy atom. The number of carbonyl (C=O) groups is 1. The number of pyridine rings is 1. The molecule has 9 heteroatoms. The van der Waals surface area contributed by atoms with E-state index < -0.39 is 21.8 Å². The molecule has 0 saturated carbocycles. The quantitative estimate of drug-likeness (QED) is 0.648. The molecule has 0 saturated heterocycles. The number of benzene rings is 1. The fourth-order valence-electron chi connectivity index (χ4n) is 4.15. The first kappa shape index (κ1) is 20.5. The summed E-state index contributed by atoms with van der Waals surface area (Å²) >= 11 is 0. The molecule has 0 spiro atoms. The molecule has 1 N–H and O–H groups in total. The molecule has 1 aliphatic heterocycles. The molecule has 158 valence electrons. The lowest BCUT2D eigenvalue weighted by molar-refractivity contribution is -0.136. The third-order valence-corrected chi connectivity index (χ3v) is 7.66. The number of carboxylic acid groups (broad SMARTS) is 1. The van der Waals surface area contributed by atoms with E-state index >= 15 is 0 Å². The molecule has 3 aromatic rings. The summed E-state index contributed by atoms with van der Waals surface area (Å²) in [6.07, 6.45) is 3.32.